The molecule has 1 aromatic heterocycles. The van der Waals surface area contributed by atoms with Crippen LogP contribution in [0.25, 0.3) is 16.9 Å². The molecule has 0 aliphatic carbocycles. The van der Waals surface area contributed by atoms with E-state index in [1.807, 2.05) is 25.1 Å². The molecule has 0 bridgehead atoms. The van der Waals surface area contributed by atoms with Gasteiger partial charge >= 0.3 is 0 Å². The van der Waals surface area contributed by atoms with Crippen molar-refractivity contribution in [2.75, 3.05) is 26.1 Å². The predicted octanol–water partition coefficient (Wildman–Crippen LogP) is 3.74. The van der Waals surface area contributed by atoms with Crippen molar-refractivity contribution < 1.29 is 14.4 Å². The number of rotatable bonds is 5. The molecule has 2 heterocycles. The van der Waals surface area contributed by atoms with Gasteiger partial charge < -0.3 is 14.8 Å². The molecule has 2 aromatic carbocycles. The van der Waals surface area contributed by atoms with Gasteiger partial charge in [-0.15, -0.1) is 0 Å². The van der Waals surface area contributed by atoms with E-state index in [9.17, 15) is 10.1 Å². The summed E-state index contributed by atoms with van der Waals surface area (Å²) in [6.07, 6.45) is 0.826. The Kier molecular flexibility index (Phi) is 4.38. The van der Waals surface area contributed by atoms with Gasteiger partial charge in [0.25, 0.3) is 5.69 Å². The minimum Gasteiger partial charge on any atom is -0.493 e. The van der Waals surface area contributed by atoms with Crippen LogP contribution in [0.15, 0.2) is 36.4 Å². The molecule has 0 radical (unpaired) electrons. The molecule has 1 aliphatic rings. The van der Waals surface area contributed by atoms with Crippen LogP contribution in [-0.2, 0) is 6.42 Å². The van der Waals surface area contributed by atoms with E-state index < -0.39 is 4.92 Å². The molecule has 0 spiro atoms. The molecule has 1 aliphatic heterocycles. The fourth-order valence-electron chi connectivity index (χ4n) is 3.50. The number of hydrogen-bond acceptors (Lipinski definition) is 6. The van der Waals surface area contributed by atoms with Crippen LogP contribution in [-0.4, -0.2) is 35.5 Å². The zero-order chi connectivity index (χ0) is 19.8. The van der Waals surface area contributed by atoms with Crippen molar-refractivity contribution in [3.63, 3.8) is 0 Å². The Morgan fingerprint density at radius 3 is 2.64 bits per heavy atom. The monoisotopic (exact) mass is 380 g/mol. The Labute approximate surface area is 161 Å². The number of hydrogen-bond donors (Lipinski definition) is 1. The average molecular weight is 380 g/mol. The van der Waals surface area contributed by atoms with Gasteiger partial charge in [0.15, 0.2) is 11.5 Å². The van der Waals surface area contributed by atoms with Gasteiger partial charge in [0, 0.05) is 29.8 Å². The van der Waals surface area contributed by atoms with Crippen LogP contribution in [0.3, 0.4) is 0 Å². The van der Waals surface area contributed by atoms with E-state index in [1.165, 1.54) is 6.07 Å². The molecule has 1 N–H and O–H groups in total. The number of nitro groups is 1. The van der Waals surface area contributed by atoms with Crippen LogP contribution in [0.4, 0.5) is 11.5 Å². The van der Waals surface area contributed by atoms with Crippen molar-refractivity contribution in [3.8, 4) is 28.4 Å². The summed E-state index contributed by atoms with van der Waals surface area (Å²) in [5.74, 6) is 2.14. The molecule has 0 amide bonds. The van der Waals surface area contributed by atoms with Gasteiger partial charge in [-0.1, -0.05) is 6.07 Å². The van der Waals surface area contributed by atoms with Gasteiger partial charge in [0.1, 0.15) is 5.82 Å². The van der Waals surface area contributed by atoms with Gasteiger partial charge in [-0.2, -0.15) is 5.10 Å². The summed E-state index contributed by atoms with van der Waals surface area (Å²) < 4.78 is 12.5. The molecule has 0 saturated carbocycles. The number of aryl methyl sites for hydroxylation is 1. The first-order valence-corrected chi connectivity index (χ1v) is 8.87. The van der Waals surface area contributed by atoms with Crippen LogP contribution in [0.5, 0.6) is 11.5 Å². The quantitative estimate of drug-likeness (QED) is 0.535. The number of benzene rings is 2. The van der Waals surface area contributed by atoms with Crippen molar-refractivity contribution in [1.82, 2.24) is 9.78 Å². The fourth-order valence-corrected chi connectivity index (χ4v) is 3.50. The Morgan fingerprint density at radius 1 is 1.14 bits per heavy atom. The highest BCUT2D eigenvalue weighted by Gasteiger charge is 2.26. The lowest BCUT2D eigenvalue weighted by molar-refractivity contribution is -0.384. The summed E-state index contributed by atoms with van der Waals surface area (Å²) in [6, 6.07) is 10.5. The Bertz CT molecular complexity index is 1070. The lowest BCUT2D eigenvalue weighted by atomic mass is 10.1. The van der Waals surface area contributed by atoms with Crippen molar-refractivity contribution in [2.24, 2.45) is 0 Å². The van der Waals surface area contributed by atoms with Gasteiger partial charge in [-0.3, -0.25) is 10.1 Å². The van der Waals surface area contributed by atoms with Gasteiger partial charge in [0.2, 0.25) is 0 Å². The van der Waals surface area contributed by atoms with Gasteiger partial charge in [-0.25, -0.2) is 4.68 Å². The zero-order valence-electron chi connectivity index (χ0n) is 15.9. The second-order valence-electron chi connectivity index (χ2n) is 6.56. The Balaban J connectivity index is 1.88. The number of anilines is 1. The SMILES string of the molecule is COc1ccc(-c2nn(-c3cc([N+](=O)[O-])ccc3C)c3c2CCN3)cc1OC. The highest BCUT2D eigenvalue weighted by Crippen LogP contribution is 2.38. The Morgan fingerprint density at radius 2 is 1.93 bits per heavy atom. The summed E-state index contributed by atoms with van der Waals surface area (Å²) in [5, 5.41) is 19.4. The van der Waals surface area contributed by atoms with Gasteiger partial charge in [-0.05, 0) is 37.1 Å². The maximum atomic E-state index is 11.2. The number of ether oxygens (including phenoxy) is 2. The molecule has 3 aromatic rings. The van der Waals surface area contributed by atoms with Crippen LogP contribution in [0.2, 0.25) is 0 Å². The fraction of sp³-hybridized carbons (Fsp3) is 0.250. The minimum absolute atomic E-state index is 0.0375. The second-order valence-corrected chi connectivity index (χ2v) is 6.56. The molecular formula is C20H20N4O4. The highest BCUT2D eigenvalue weighted by molar-refractivity contribution is 5.75. The molecule has 28 heavy (non-hydrogen) atoms. The lowest BCUT2D eigenvalue weighted by Crippen LogP contribution is -2.06. The summed E-state index contributed by atoms with van der Waals surface area (Å²) in [4.78, 5) is 10.8. The molecular weight excluding hydrogens is 360 g/mol. The average Bonchev–Trinajstić information content (AvgIpc) is 3.30. The number of nitrogens with zero attached hydrogens (tertiary/aromatic N) is 3. The molecule has 0 saturated heterocycles. The van der Waals surface area contributed by atoms with E-state index in [0.717, 1.165) is 41.2 Å². The molecule has 0 atom stereocenters. The largest absolute Gasteiger partial charge is 0.493 e. The van der Waals surface area contributed by atoms with Crippen molar-refractivity contribution >= 4 is 11.5 Å². The number of fused-ring (bicyclic) bond motifs is 1. The smallest absolute Gasteiger partial charge is 0.271 e. The summed E-state index contributed by atoms with van der Waals surface area (Å²) in [6.45, 7) is 2.71. The van der Waals surface area contributed by atoms with E-state index in [1.54, 1.807) is 31.0 Å². The van der Waals surface area contributed by atoms with E-state index in [-0.39, 0.29) is 5.69 Å². The molecule has 8 nitrogen and oxygen atoms in total. The molecule has 0 fully saturated rings. The van der Waals surface area contributed by atoms with Crippen LogP contribution in [0.1, 0.15) is 11.1 Å². The third kappa shape index (κ3) is 2.83. The standard InChI is InChI=1S/C20H20N4O4/c1-12-4-6-14(24(25)26)11-16(12)23-20-15(8-9-21-20)19(22-23)13-5-7-17(27-2)18(10-13)28-3/h4-7,10-11,21H,8-9H2,1-3H3. The molecule has 8 heteroatoms. The predicted molar refractivity (Wildman–Crippen MR) is 106 cm³/mol. The van der Waals surface area contributed by atoms with Gasteiger partial charge in [0.05, 0.1) is 30.5 Å². The first-order valence-electron chi connectivity index (χ1n) is 8.87. The number of methoxy groups -OCH3 is 2. The first kappa shape index (κ1) is 17.8. The third-order valence-electron chi connectivity index (χ3n) is 4.94. The number of nitro benzene ring substituents is 1. The topological polar surface area (TPSA) is 91.5 Å². The van der Waals surface area contributed by atoms with Crippen LogP contribution >= 0.6 is 0 Å². The molecule has 0 unspecified atom stereocenters. The zero-order valence-corrected chi connectivity index (χ0v) is 15.9. The summed E-state index contributed by atoms with van der Waals surface area (Å²) in [5.41, 5.74) is 4.44. The summed E-state index contributed by atoms with van der Waals surface area (Å²) >= 11 is 0. The second kappa shape index (κ2) is 6.88. The first-order chi connectivity index (χ1) is 13.5. The highest BCUT2D eigenvalue weighted by atomic mass is 16.6. The van der Waals surface area contributed by atoms with E-state index in [0.29, 0.717) is 17.2 Å². The van der Waals surface area contributed by atoms with Crippen molar-refractivity contribution in [1.29, 1.82) is 0 Å². The molecule has 144 valence electrons. The van der Waals surface area contributed by atoms with E-state index in [4.69, 9.17) is 14.6 Å². The Hall–Kier alpha value is -3.55. The van der Waals surface area contributed by atoms with Crippen LogP contribution < -0.4 is 14.8 Å². The van der Waals surface area contributed by atoms with E-state index >= 15 is 0 Å². The number of nitrogens with one attached hydrogen (secondary N) is 1. The normalized spacial score (nSPS) is 12.4. The lowest BCUT2D eigenvalue weighted by Gasteiger charge is -2.10. The van der Waals surface area contributed by atoms with Crippen molar-refractivity contribution in [3.05, 3.63) is 57.6 Å². The minimum atomic E-state index is -0.394. The maximum Gasteiger partial charge on any atom is 0.271 e. The maximum absolute atomic E-state index is 11.2. The van der Waals surface area contributed by atoms with Crippen molar-refractivity contribution in [2.45, 2.75) is 13.3 Å². The van der Waals surface area contributed by atoms with Crippen LogP contribution in [0, 0.1) is 17.0 Å². The molecule has 4 rings (SSSR count). The number of non-ortho nitro benzene ring substituents is 1. The van der Waals surface area contributed by atoms with E-state index in [2.05, 4.69) is 5.32 Å². The summed E-state index contributed by atoms with van der Waals surface area (Å²) in [7, 11) is 3.19. The number of aromatic nitrogens is 2. The third-order valence-corrected chi connectivity index (χ3v) is 4.94.